The lowest BCUT2D eigenvalue weighted by Crippen LogP contribution is -2.29. The number of aromatic nitrogens is 2. The number of carbonyl (C=O) groups excluding carboxylic acids is 1. The monoisotopic (exact) mass is 296 g/mol. The van der Waals surface area contributed by atoms with Crippen molar-refractivity contribution in [2.75, 3.05) is 25.5 Å². The van der Waals surface area contributed by atoms with E-state index in [1.807, 2.05) is 30.0 Å². The number of nitrogens with zero attached hydrogens (tertiary/aromatic N) is 3. The van der Waals surface area contributed by atoms with Crippen molar-refractivity contribution in [3.8, 4) is 0 Å². The second kappa shape index (κ2) is 6.13. The van der Waals surface area contributed by atoms with Crippen LogP contribution in [0.3, 0.4) is 0 Å². The molecule has 1 N–H and O–H groups in total. The quantitative estimate of drug-likeness (QED) is 0.945. The van der Waals surface area contributed by atoms with Gasteiger partial charge < -0.3 is 10.2 Å². The normalized spacial score (nSPS) is 17.5. The number of anilines is 1. The molecule has 114 valence electrons. The fourth-order valence-electron chi connectivity index (χ4n) is 2.89. The van der Waals surface area contributed by atoms with Crippen molar-refractivity contribution in [2.24, 2.45) is 0 Å². The first kappa shape index (κ1) is 14.5. The third-order valence-electron chi connectivity index (χ3n) is 4.04. The van der Waals surface area contributed by atoms with E-state index in [-0.39, 0.29) is 5.91 Å². The van der Waals surface area contributed by atoms with Gasteiger partial charge in [0.25, 0.3) is 5.91 Å². The van der Waals surface area contributed by atoms with Gasteiger partial charge in [-0.15, -0.1) is 0 Å². The molecule has 1 aliphatic heterocycles. The lowest BCUT2D eigenvalue weighted by molar-refractivity contribution is 0.0785. The van der Waals surface area contributed by atoms with Crippen LogP contribution in [0.1, 0.15) is 34.1 Å². The third-order valence-corrected chi connectivity index (χ3v) is 4.04. The Kier molecular flexibility index (Phi) is 4.04. The first-order valence-corrected chi connectivity index (χ1v) is 7.55. The van der Waals surface area contributed by atoms with Gasteiger partial charge in [-0.05, 0) is 25.0 Å². The summed E-state index contributed by atoms with van der Waals surface area (Å²) in [6.07, 6.45) is 0.999. The van der Waals surface area contributed by atoms with E-state index in [2.05, 4.69) is 27.4 Å². The second-order valence-corrected chi connectivity index (χ2v) is 5.62. The van der Waals surface area contributed by atoms with Gasteiger partial charge in [0.05, 0.1) is 0 Å². The van der Waals surface area contributed by atoms with Gasteiger partial charge in [0, 0.05) is 31.7 Å². The summed E-state index contributed by atoms with van der Waals surface area (Å²) in [5, 5.41) is 2.90. The van der Waals surface area contributed by atoms with Crippen LogP contribution in [0.5, 0.6) is 0 Å². The molecule has 2 aromatic rings. The van der Waals surface area contributed by atoms with Crippen molar-refractivity contribution in [3.63, 3.8) is 0 Å². The van der Waals surface area contributed by atoms with Gasteiger partial charge in [-0.2, -0.15) is 0 Å². The van der Waals surface area contributed by atoms with Gasteiger partial charge in [0.1, 0.15) is 5.69 Å². The molecule has 0 radical (unpaired) electrons. The minimum absolute atomic E-state index is 0.0135. The Balaban J connectivity index is 1.75. The van der Waals surface area contributed by atoms with Crippen molar-refractivity contribution in [1.29, 1.82) is 0 Å². The molecule has 1 atom stereocenters. The Bertz CT molecular complexity index is 672. The van der Waals surface area contributed by atoms with E-state index in [1.165, 1.54) is 5.56 Å². The second-order valence-electron chi connectivity index (χ2n) is 5.62. The molecule has 1 aromatic heterocycles. The number of hydrogen-bond acceptors (Lipinski definition) is 4. The molecular weight excluding hydrogens is 276 g/mol. The summed E-state index contributed by atoms with van der Waals surface area (Å²) in [5.74, 6) is 0.888. The predicted molar refractivity (Wildman–Crippen MR) is 86.0 cm³/mol. The SMILES string of the molecule is CNc1nc(C)cc(C(=O)N2CCC(c3ccccc3)C2)n1. The molecule has 5 heteroatoms. The van der Waals surface area contributed by atoms with Crippen LogP contribution in [-0.4, -0.2) is 40.9 Å². The number of nitrogens with one attached hydrogen (secondary N) is 1. The van der Waals surface area contributed by atoms with E-state index in [0.717, 1.165) is 25.2 Å². The van der Waals surface area contributed by atoms with Gasteiger partial charge in [-0.3, -0.25) is 4.79 Å². The highest BCUT2D eigenvalue weighted by atomic mass is 16.2. The molecule has 2 heterocycles. The standard InChI is InChI=1S/C17H20N4O/c1-12-10-15(20-17(18-2)19-12)16(22)21-9-8-14(11-21)13-6-4-3-5-7-13/h3-7,10,14H,8-9,11H2,1-2H3,(H,18,19,20). The summed E-state index contributed by atoms with van der Waals surface area (Å²) in [6, 6.07) is 12.1. The van der Waals surface area contributed by atoms with E-state index in [9.17, 15) is 4.79 Å². The molecule has 1 aliphatic rings. The van der Waals surface area contributed by atoms with Crippen LogP contribution in [0, 0.1) is 6.92 Å². The number of hydrogen-bond donors (Lipinski definition) is 1. The molecule has 0 bridgehead atoms. The van der Waals surface area contributed by atoms with Crippen molar-refractivity contribution in [3.05, 3.63) is 53.3 Å². The molecule has 5 nitrogen and oxygen atoms in total. The highest BCUT2D eigenvalue weighted by molar-refractivity contribution is 5.93. The van der Waals surface area contributed by atoms with Crippen molar-refractivity contribution < 1.29 is 4.79 Å². The van der Waals surface area contributed by atoms with E-state index >= 15 is 0 Å². The van der Waals surface area contributed by atoms with Crippen LogP contribution < -0.4 is 5.32 Å². The van der Waals surface area contributed by atoms with Crippen LogP contribution in [0.2, 0.25) is 0 Å². The molecule has 1 unspecified atom stereocenters. The minimum Gasteiger partial charge on any atom is -0.357 e. The van der Waals surface area contributed by atoms with E-state index in [4.69, 9.17) is 0 Å². The van der Waals surface area contributed by atoms with E-state index in [0.29, 0.717) is 17.6 Å². The first-order chi connectivity index (χ1) is 10.7. The summed E-state index contributed by atoms with van der Waals surface area (Å²) >= 11 is 0. The molecule has 1 aromatic carbocycles. The number of aryl methyl sites for hydroxylation is 1. The summed E-state index contributed by atoms with van der Waals surface area (Å²) in [6.45, 7) is 3.40. The smallest absolute Gasteiger partial charge is 0.272 e. The van der Waals surface area contributed by atoms with Crippen LogP contribution in [0.25, 0.3) is 0 Å². The summed E-state index contributed by atoms with van der Waals surface area (Å²) in [7, 11) is 1.75. The summed E-state index contributed by atoms with van der Waals surface area (Å²) in [4.78, 5) is 23.1. The van der Waals surface area contributed by atoms with E-state index in [1.54, 1.807) is 13.1 Å². The van der Waals surface area contributed by atoms with Crippen LogP contribution in [-0.2, 0) is 0 Å². The zero-order valence-electron chi connectivity index (χ0n) is 12.9. The Morgan fingerprint density at radius 3 is 2.77 bits per heavy atom. The minimum atomic E-state index is -0.0135. The molecule has 0 spiro atoms. The van der Waals surface area contributed by atoms with E-state index < -0.39 is 0 Å². The van der Waals surface area contributed by atoms with Crippen LogP contribution >= 0.6 is 0 Å². The maximum atomic E-state index is 12.7. The summed E-state index contributed by atoms with van der Waals surface area (Å²) in [5.41, 5.74) is 2.56. The Morgan fingerprint density at radius 2 is 2.05 bits per heavy atom. The number of benzene rings is 1. The molecule has 0 aliphatic carbocycles. The average Bonchev–Trinajstić information content (AvgIpc) is 3.04. The predicted octanol–water partition coefficient (Wildman–Crippen LogP) is 2.46. The third kappa shape index (κ3) is 2.93. The number of carbonyl (C=O) groups is 1. The largest absolute Gasteiger partial charge is 0.357 e. The molecule has 1 fully saturated rings. The van der Waals surface area contributed by atoms with Crippen molar-refractivity contribution >= 4 is 11.9 Å². The zero-order valence-corrected chi connectivity index (χ0v) is 12.9. The number of likely N-dealkylation sites (tertiary alicyclic amines) is 1. The fourth-order valence-corrected chi connectivity index (χ4v) is 2.89. The Morgan fingerprint density at radius 1 is 1.27 bits per heavy atom. The molecule has 3 rings (SSSR count). The average molecular weight is 296 g/mol. The lowest BCUT2D eigenvalue weighted by atomic mass is 9.99. The van der Waals surface area contributed by atoms with Crippen LogP contribution in [0.4, 0.5) is 5.95 Å². The van der Waals surface area contributed by atoms with Crippen molar-refractivity contribution in [1.82, 2.24) is 14.9 Å². The molecule has 0 saturated carbocycles. The molecule has 22 heavy (non-hydrogen) atoms. The maximum Gasteiger partial charge on any atom is 0.272 e. The molecule has 1 amide bonds. The Labute approximate surface area is 130 Å². The lowest BCUT2D eigenvalue weighted by Gasteiger charge is -2.17. The molecule has 1 saturated heterocycles. The first-order valence-electron chi connectivity index (χ1n) is 7.55. The highest BCUT2D eigenvalue weighted by Crippen LogP contribution is 2.27. The zero-order chi connectivity index (χ0) is 15.5. The Hall–Kier alpha value is -2.43. The fraction of sp³-hybridized carbons (Fsp3) is 0.353. The topological polar surface area (TPSA) is 58.1 Å². The van der Waals surface area contributed by atoms with Gasteiger partial charge in [-0.25, -0.2) is 9.97 Å². The molecular formula is C17H20N4O. The van der Waals surface area contributed by atoms with Gasteiger partial charge >= 0.3 is 0 Å². The van der Waals surface area contributed by atoms with Gasteiger partial charge in [0.2, 0.25) is 5.95 Å². The number of rotatable bonds is 3. The van der Waals surface area contributed by atoms with Crippen LogP contribution in [0.15, 0.2) is 36.4 Å². The van der Waals surface area contributed by atoms with Gasteiger partial charge in [-0.1, -0.05) is 30.3 Å². The summed E-state index contributed by atoms with van der Waals surface area (Å²) < 4.78 is 0. The number of amides is 1. The highest BCUT2D eigenvalue weighted by Gasteiger charge is 2.28. The van der Waals surface area contributed by atoms with Gasteiger partial charge in [0.15, 0.2) is 0 Å². The van der Waals surface area contributed by atoms with Crippen molar-refractivity contribution in [2.45, 2.75) is 19.3 Å². The maximum absolute atomic E-state index is 12.7.